The second-order valence-corrected chi connectivity index (χ2v) is 4.02. The normalized spacial score (nSPS) is 11.9. The van der Waals surface area contributed by atoms with Crippen LogP contribution in [0, 0.1) is 5.82 Å². The van der Waals surface area contributed by atoms with Crippen LogP contribution in [0.3, 0.4) is 0 Å². The van der Waals surface area contributed by atoms with Crippen molar-refractivity contribution in [3.05, 3.63) is 35.6 Å². The molecule has 1 aromatic rings. The van der Waals surface area contributed by atoms with E-state index < -0.39 is 23.7 Å². The van der Waals surface area contributed by atoms with Crippen LogP contribution in [0.1, 0.15) is 25.3 Å². The molecule has 2 N–H and O–H groups in total. The van der Waals surface area contributed by atoms with Crippen molar-refractivity contribution < 1.29 is 19.1 Å². The molecular weight excluding hydrogens is 237 g/mol. The third-order valence-corrected chi connectivity index (χ3v) is 2.52. The largest absolute Gasteiger partial charge is 0.480 e. The van der Waals surface area contributed by atoms with Crippen LogP contribution < -0.4 is 5.32 Å². The van der Waals surface area contributed by atoms with E-state index >= 15 is 0 Å². The fourth-order valence-corrected chi connectivity index (χ4v) is 1.61. The van der Waals surface area contributed by atoms with Gasteiger partial charge in [-0.1, -0.05) is 31.5 Å². The Hall–Kier alpha value is -1.91. The van der Waals surface area contributed by atoms with Crippen molar-refractivity contribution >= 4 is 11.9 Å². The van der Waals surface area contributed by atoms with Gasteiger partial charge in [0.15, 0.2) is 0 Å². The molecule has 0 fully saturated rings. The SMILES string of the molecule is CCC[C@H](NC(=O)Cc1ccccc1F)C(=O)O. The average Bonchev–Trinajstić information content (AvgIpc) is 2.31. The molecule has 0 bridgehead atoms. The minimum atomic E-state index is -1.07. The van der Waals surface area contributed by atoms with E-state index in [9.17, 15) is 14.0 Å². The Balaban J connectivity index is 2.61. The topological polar surface area (TPSA) is 66.4 Å². The van der Waals surface area contributed by atoms with Crippen LogP contribution in [0.2, 0.25) is 0 Å². The van der Waals surface area contributed by atoms with Crippen molar-refractivity contribution in [1.29, 1.82) is 0 Å². The molecule has 1 amide bonds. The first-order valence-corrected chi connectivity index (χ1v) is 5.80. The first kappa shape index (κ1) is 14.2. The summed E-state index contributed by atoms with van der Waals surface area (Å²) < 4.78 is 13.3. The Kier molecular flexibility index (Phi) is 5.30. The zero-order chi connectivity index (χ0) is 13.5. The number of hydrogen-bond donors (Lipinski definition) is 2. The molecule has 0 unspecified atom stereocenters. The molecule has 0 spiro atoms. The molecule has 0 radical (unpaired) electrons. The molecule has 0 saturated heterocycles. The van der Waals surface area contributed by atoms with Crippen molar-refractivity contribution in [2.24, 2.45) is 0 Å². The molecule has 0 aromatic heterocycles. The molecule has 0 aliphatic rings. The monoisotopic (exact) mass is 253 g/mol. The van der Waals surface area contributed by atoms with Crippen LogP contribution in [-0.4, -0.2) is 23.0 Å². The number of aliphatic carboxylic acids is 1. The van der Waals surface area contributed by atoms with Crippen molar-refractivity contribution in [3.8, 4) is 0 Å². The summed E-state index contributed by atoms with van der Waals surface area (Å²) in [6.45, 7) is 1.83. The number of amides is 1. The number of hydrogen-bond acceptors (Lipinski definition) is 2. The molecule has 0 saturated carbocycles. The molecule has 1 aromatic carbocycles. The smallest absolute Gasteiger partial charge is 0.326 e. The number of carboxylic acids is 1. The maximum Gasteiger partial charge on any atom is 0.326 e. The van der Waals surface area contributed by atoms with Gasteiger partial charge >= 0.3 is 5.97 Å². The van der Waals surface area contributed by atoms with Gasteiger partial charge in [0, 0.05) is 0 Å². The summed E-state index contributed by atoms with van der Waals surface area (Å²) >= 11 is 0. The fraction of sp³-hybridized carbons (Fsp3) is 0.385. The van der Waals surface area contributed by atoms with Crippen LogP contribution in [0.15, 0.2) is 24.3 Å². The van der Waals surface area contributed by atoms with Crippen LogP contribution in [0.4, 0.5) is 4.39 Å². The third-order valence-electron chi connectivity index (χ3n) is 2.52. The second kappa shape index (κ2) is 6.74. The highest BCUT2D eigenvalue weighted by Crippen LogP contribution is 2.07. The Bertz CT molecular complexity index is 434. The molecule has 0 heterocycles. The van der Waals surface area contributed by atoms with Gasteiger partial charge in [0.25, 0.3) is 0 Å². The van der Waals surface area contributed by atoms with Crippen molar-refractivity contribution in [1.82, 2.24) is 5.32 Å². The number of carbonyl (C=O) groups is 2. The number of carboxylic acid groups (broad SMARTS) is 1. The predicted molar refractivity (Wildman–Crippen MR) is 64.6 cm³/mol. The quantitative estimate of drug-likeness (QED) is 0.811. The summed E-state index contributed by atoms with van der Waals surface area (Å²) in [7, 11) is 0. The molecule has 5 heteroatoms. The zero-order valence-corrected chi connectivity index (χ0v) is 10.1. The lowest BCUT2D eigenvalue weighted by Crippen LogP contribution is -2.41. The van der Waals surface area contributed by atoms with E-state index in [-0.39, 0.29) is 12.0 Å². The van der Waals surface area contributed by atoms with E-state index in [1.807, 2.05) is 6.92 Å². The van der Waals surface area contributed by atoms with E-state index in [4.69, 9.17) is 5.11 Å². The number of nitrogens with one attached hydrogen (secondary N) is 1. The highest BCUT2D eigenvalue weighted by atomic mass is 19.1. The van der Waals surface area contributed by atoms with Gasteiger partial charge in [-0.2, -0.15) is 0 Å². The van der Waals surface area contributed by atoms with Crippen molar-refractivity contribution in [2.45, 2.75) is 32.2 Å². The minimum absolute atomic E-state index is 0.153. The summed E-state index contributed by atoms with van der Waals surface area (Å²) in [6, 6.07) is 5.03. The molecule has 1 rings (SSSR count). The second-order valence-electron chi connectivity index (χ2n) is 4.02. The zero-order valence-electron chi connectivity index (χ0n) is 10.1. The third kappa shape index (κ3) is 4.16. The molecule has 0 aliphatic carbocycles. The van der Waals surface area contributed by atoms with E-state index in [1.54, 1.807) is 6.07 Å². The molecular formula is C13H16FNO3. The van der Waals surface area contributed by atoms with Gasteiger partial charge in [0.2, 0.25) is 5.91 Å². The summed E-state index contributed by atoms with van der Waals surface area (Å²) in [5.41, 5.74) is 0.260. The van der Waals surface area contributed by atoms with Crippen molar-refractivity contribution in [2.75, 3.05) is 0 Å². The Morgan fingerprint density at radius 1 is 1.39 bits per heavy atom. The standard InChI is InChI=1S/C13H16FNO3/c1-2-5-11(13(17)18)15-12(16)8-9-6-3-4-7-10(9)14/h3-4,6-7,11H,2,5,8H2,1H3,(H,15,16)(H,17,18)/t11-/m0/s1. The van der Waals surface area contributed by atoms with Gasteiger partial charge in [-0.3, -0.25) is 4.79 Å². The van der Waals surface area contributed by atoms with Crippen LogP contribution >= 0.6 is 0 Å². The molecule has 1 atom stereocenters. The maximum atomic E-state index is 13.3. The lowest BCUT2D eigenvalue weighted by atomic mass is 10.1. The van der Waals surface area contributed by atoms with Gasteiger partial charge in [-0.05, 0) is 18.1 Å². The Morgan fingerprint density at radius 2 is 2.06 bits per heavy atom. The first-order valence-electron chi connectivity index (χ1n) is 5.80. The lowest BCUT2D eigenvalue weighted by molar-refractivity contribution is -0.141. The highest BCUT2D eigenvalue weighted by molar-refractivity contribution is 5.84. The number of rotatable bonds is 6. The predicted octanol–water partition coefficient (Wildman–Crippen LogP) is 1.74. The van der Waals surface area contributed by atoms with Gasteiger partial charge in [0.05, 0.1) is 6.42 Å². The highest BCUT2D eigenvalue weighted by Gasteiger charge is 2.19. The fourth-order valence-electron chi connectivity index (χ4n) is 1.61. The molecule has 0 aliphatic heterocycles. The Labute approximate surface area is 105 Å². The summed E-state index contributed by atoms with van der Waals surface area (Å²) in [5, 5.41) is 11.3. The van der Waals surface area contributed by atoms with E-state index in [0.29, 0.717) is 12.8 Å². The van der Waals surface area contributed by atoms with Crippen LogP contribution in [0.5, 0.6) is 0 Å². The molecule has 98 valence electrons. The summed E-state index contributed by atoms with van der Waals surface area (Å²) in [6.07, 6.45) is 0.857. The number of halogens is 1. The summed E-state index contributed by atoms with van der Waals surface area (Å²) in [5.74, 6) is -2.02. The van der Waals surface area contributed by atoms with Gasteiger partial charge in [-0.15, -0.1) is 0 Å². The van der Waals surface area contributed by atoms with Gasteiger partial charge in [-0.25, -0.2) is 9.18 Å². The van der Waals surface area contributed by atoms with Crippen LogP contribution in [-0.2, 0) is 16.0 Å². The Morgan fingerprint density at radius 3 is 2.61 bits per heavy atom. The van der Waals surface area contributed by atoms with Crippen LogP contribution in [0.25, 0.3) is 0 Å². The van der Waals surface area contributed by atoms with E-state index in [0.717, 1.165) is 0 Å². The van der Waals surface area contributed by atoms with E-state index in [2.05, 4.69) is 5.32 Å². The molecule has 4 nitrogen and oxygen atoms in total. The lowest BCUT2D eigenvalue weighted by Gasteiger charge is -2.13. The minimum Gasteiger partial charge on any atom is -0.480 e. The molecule has 18 heavy (non-hydrogen) atoms. The number of benzene rings is 1. The summed E-state index contributed by atoms with van der Waals surface area (Å²) in [4.78, 5) is 22.5. The number of carbonyl (C=O) groups excluding carboxylic acids is 1. The van der Waals surface area contributed by atoms with Crippen molar-refractivity contribution in [3.63, 3.8) is 0 Å². The average molecular weight is 253 g/mol. The van der Waals surface area contributed by atoms with Gasteiger partial charge in [0.1, 0.15) is 11.9 Å². The van der Waals surface area contributed by atoms with Gasteiger partial charge < -0.3 is 10.4 Å². The first-order chi connectivity index (χ1) is 8.54. The maximum absolute atomic E-state index is 13.3. The van der Waals surface area contributed by atoms with E-state index in [1.165, 1.54) is 18.2 Å².